The molecular weight excluding hydrogens is 360 g/mol. The Balaban J connectivity index is 1.19. The second kappa shape index (κ2) is 6.90. The van der Waals surface area contributed by atoms with E-state index in [0.717, 1.165) is 50.9 Å². The first kappa shape index (κ1) is 18.1. The van der Waals surface area contributed by atoms with Crippen LogP contribution < -0.4 is 0 Å². The zero-order valence-corrected chi connectivity index (χ0v) is 17.0. The summed E-state index contributed by atoms with van der Waals surface area (Å²) in [7, 11) is 0. The van der Waals surface area contributed by atoms with Gasteiger partial charge in [0.1, 0.15) is 0 Å². The van der Waals surface area contributed by atoms with Crippen LogP contribution in [0.1, 0.15) is 67.0 Å². The highest BCUT2D eigenvalue weighted by atomic mass is 16.5. The molecule has 1 spiro atoms. The Labute approximate surface area is 172 Å². The first-order valence-electron chi connectivity index (χ1n) is 11.3. The van der Waals surface area contributed by atoms with Crippen LogP contribution in [-0.2, 0) is 23.4 Å². The van der Waals surface area contributed by atoms with Crippen molar-refractivity contribution in [2.45, 2.75) is 75.3 Å². The minimum Gasteiger partial charge on any atom is -0.387 e. The molecule has 3 aliphatic heterocycles. The van der Waals surface area contributed by atoms with Crippen molar-refractivity contribution in [1.82, 2.24) is 9.88 Å². The van der Waals surface area contributed by atoms with E-state index >= 15 is 0 Å². The Morgan fingerprint density at radius 2 is 1.83 bits per heavy atom. The second-order valence-corrected chi connectivity index (χ2v) is 9.63. The van der Waals surface area contributed by atoms with Gasteiger partial charge in [-0.2, -0.15) is 0 Å². The van der Waals surface area contributed by atoms with Gasteiger partial charge in [0.25, 0.3) is 0 Å². The predicted octanol–water partition coefficient (Wildman–Crippen LogP) is 4.12. The van der Waals surface area contributed by atoms with Crippen LogP contribution in [-0.4, -0.2) is 33.6 Å². The summed E-state index contributed by atoms with van der Waals surface area (Å²) >= 11 is 0. The summed E-state index contributed by atoms with van der Waals surface area (Å²) in [5, 5.41) is 10.8. The number of fused-ring (bicyclic) bond motifs is 5. The van der Waals surface area contributed by atoms with Gasteiger partial charge in [-0.25, -0.2) is 0 Å². The molecule has 1 N–H and O–H groups in total. The Bertz CT molecular complexity index is 899. The molecule has 0 radical (unpaired) electrons. The number of hydrogen-bond acceptors (Lipinski definition) is 4. The van der Waals surface area contributed by atoms with Gasteiger partial charge in [0.05, 0.1) is 24.0 Å². The number of piperidine rings is 1. The Kier molecular flexibility index (Phi) is 4.30. The maximum absolute atomic E-state index is 10.8. The van der Waals surface area contributed by atoms with Gasteiger partial charge in [-0.3, -0.25) is 9.88 Å². The Morgan fingerprint density at radius 1 is 1.03 bits per heavy atom. The van der Waals surface area contributed by atoms with Gasteiger partial charge in [0.2, 0.25) is 0 Å². The fourth-order valence-electron chi connectivity index (χ4n) is 6.65. The molecule has 152 valence electrons. The normalized spacial score (nSPS) is 36.0. The molecule has 4 nitrogen and oxygen atoms in total. The van der Waals surface area contributed by atoms with Crippen molar-refractivity contribution in [2.24, 2.45) is 5.92 Å². The highest BCUT2D eigenvalue weighted by Gasteiger charge is 2.52. The first-order chi connectivity index (χ1) is 14.2. The largest absolute Gasteiger partial charge is 0.387 e. The molecule has 0 saturated carbocycles. The number of ether oxygens (including phenoxy) is 1. The van der Waals surface area contributed by atoms with Crippen molar-refractivity contribution in [2.75, 3.05) is 6.54 Å². The number of aryl methyl sites for hydroxylation is 1. The van der Waals surface area contributed by atoms with Crippen molar-refractivity contribution < 1.29 is 9.84 Å². The number of hydrogen-bond donors (Lipinski definition) is 1. The zero-order chi connectivity index (χ0) is 19.4. The summed E-state index contributed by atoms with van der Waals surface area (Å²) in [4.78, 5) is 7.25. The van der Waals surface area contributed by atoms with Crippen molar-refractivity contribution in [1.29, 1.82) is 0 Å². The summed E-state index contributed by atoms with van der Waals surface area (Å²) in [6, 6.07) is 14.2. The van der Waals surface area contributed by atoms with Crippen LogP contribution in [0.3, 0.4) is 0 Å². The van der Waals surface area contributed by atoms with Crippen LogP contribution >= 0.6 is 0 Å². The first-order valence-corrected chi connectivity index (χ1v) is 11.3. The molecule has 2 saturated heterocycles. The van der Waals surface area contributed by atoms with Crippen LogP contribution in [0.5, 0.6) is 0 Å². The number of aliphatic hydroxyl groups is 1. The lowest BCUT2D eigenvalue weighted by Crippen LogP contribution is -2.51. The van der Waals surface area contributed by atoms with Gasteiger partial charge < -0.3 is 9.84 Å². The Morgan fingerprint density at radius 3 is 2.69 bits per heavy atom. The summed E-state index contributed by atoms with van der Waals surface area (Å²) in [5.74, 6) is 0.535. The molecule has 0 amide bonds. The third-order valence-electron chi connectivity index (χ3n) is 8.00. The molecule has 1 aromatic carbocycles. The van der Waals surface area contributed by atoms with E-state index in [4.69, 9.17) is 4.74 Å². The van der Waals surface area contributed by atoms with Gasteiger partial charge in [-0.1, -0.05) is 30.3 Å². The van der Waals surface area contributed by atoms with E-state index in [1.807, 2.05) is 12.3 Å². The van der Waals surface area contributed by atoms with Crippen molar-refractivity contribution in [3.05, 3.63) is 65.0 Å². The van der Waals surface area contributed by atoms with E-state index in [9.17, 15) is 5.11 Å². The Hall–Kier alpha value is -1.75. The molecule has 4 atom stereocenters. The van der Waals surface area contributed by atoms with Gasteiger partial charge in [0, 0.05) is 24.8 Å². The van der Waals surface area contributed by atoms with Crippen LogP contribution in [0.15, 0.2) is 42.6 Å². The maximum atomic E-state index is 10.8. The van der Waals surface area contributed by atoms with Crippen LogP contribution in [0.25, 0.3) is 0 Å². The number of pyridine rings is 1. The number of rotatable bonds is 2. The number of aliphatic hydroxyl groups excluding tert-OH is 1. The average molecular weight is 391 g/mol. The highest BCUT2D eigenvalue weighted by molar-refractivity contribution is 5.37. The van der Waals surface area contributed by atoms with Crippen molar-refractivity contribution in [3.8, 4) is 0 Å². The van der Waals surface area contributed by atoms with E-state index in [1.165, 1.54) is 29.5 Å². The molecule has 2 aromatic rings. The lowest BCUT2D eigenvalue weighted by atomic mass is 9.79. The average Bonchev–Trinajstić information content (AvgIpc) is 3.13. The fourth-order valence-corrected chi connectivity index (χ4v) is 6.65. The third-order valence-corrected chi connectivity index (χ3v) is 8.00. The van der Waals surface area contributed by atoms with E-state index in [0.29, 0.717) is 18.0 Å². The van der Waals surface area contributed by atoms with Crippen molar-refractivity contribution in [3.63, 3.8) is 0 Å². The molecule has 2 unspecified atom stereocenters. The zero-order valence-electron chi connectivity index (χ0n) is 17.0. The molecule has 2 fully saturated rings. The van der Waals surface area contributed by atoms with Gasteiger partial charge in [-0.15, -0.1) is 0 Å². The smallest absolute Gasteiger partial charge is 0.0969 e. The SMILES string of the molecule is O[C@H]1C[C@H](CN2C3CCC2CC2(C3)OCc3ccccc32)CCc2cccnc21. The van der Waals surface area contributed by atoms with E-state index in [1.54, 1.807) is 0 Å². The topological polar surface area (TPSA) is 45.6 Å². The van der Waals surface area contributed by atoms with Crippen LogP contribution in [0.4, 0.5) is 0 Å². The quantitative estimate of drug-likeness (QED) is 0.784. The molecule has 2 bridgehead atoms. The highest BCUT2D eigenvalue weighted by Crippen LogP contribution is 2.52. The summed E-state index contributed by atoms with van der Waals surface area (Å²) in [6.45, 7) is 1.88. The molecule has 29 heavy (non-hydrogen) atoms. The minimum absolute atomic E-state index is 0.0535. The number of benzene rings is 1. The fraction of sp³-hybridized carbons (Fsp3) is 0.560. The van der Waals surface area contributed by atoms with Crippen molar-refractivity contribution >= 4 is 0 Å². The minimum atomic E-state index is -0.419. The van der Waals surface area contributed by atoms with Gasteiger partial charge in [0.15, 0.2) is 0 Å². The monoisotopic (exact) mass is 390 g/mol. The standard InChI is InChI=1S/C25H30N2O2/c28-23-12-17(7-8-18-5-3-11-26-24(18)23)15-27-20-9-10-21(27)14-25(13-20)22-6-2-1-4-19(22)16-29-25/h1-6,11,17,20-21,23,28H,7-10,12-16H2/t17-,20?,21?,23+,25?/m1/s1. The summed E-state index contributed by atoms with van der Waals surface area (Å²) in [5.41, 5.74) is 4.92. The molecule has 4 heterocycles. The lowest BCUT2D eigenvalue weighted by Gasteiger charge is -2.45. The predicted molar refractivity (Wildman–Crippen MR) is 111 cm³/mol. The van der Waals surface area contributed by atoms with E-state index in [-0.39, 0.29) is 5.60 Å². The molecular formula is C25H30N2O2. The van der Waals surface area contributed by atoms with Gasteiger partial charge >= 0.3 is 0 Å². The number of aromatic nitrogens is 1. The van der Waals surface area contributed by atoms with E-state index < -0.39 is 6.10 Å². The molecule has 6 rings (SSSR count). The lowest BCUT2D eigenvalue weighted by molar-refractivity contribution is -0.103. The third kappa shape index (κ3) is 2.96. The summed E-state index contributed by atoms with van der Waals surface area (Å²) < 4.78 is 6.48. The second-order valence-electron chi connectivity index (χ2n) is 9.63. The van der Waals surface area contributed by atoms with Gasteiger partial charge in [-0.05, 0) is 73.6 Å². The van der Waals surface area contributed by atoms with E-state index in [2.05, 4.69) is 40.2 Å². The molecule has 1 aromatic heterocycles. The molecule has 1 aliphatic carbocycles. The molecule has 4 aliphatic rings. The number of nitrogens with zero attached hydrogens (tertiary/aromatic N) is 2. The maximum Gasteiger partial charge on any atom is 0.0969 e. The summed E-state index contributed by atoms with van der Waals surface area (Å²) in [6.07, 6.45) is 9.23. The molecule has 4 heteroatoms. The van der Waals surface area contributed by atoms with Crippen LogP contribution in [0.2, 0.25) is 0 Å². The van der Waals surface area contributed by atoms with Crippen LogP contribution in [0, 0.1) is 5.92 Å².